The Bertz CT molecular complexity index is 5630. The van der Waals surface area contributed by atoms with Gasteiger partial charge in [0.2, 0.25) is 0 Å². The summed E-state index contributed by atoms with van der Waals surface area (Å²) in [7, 11) is 0. The average molecular weight is 2650 g/mol. The van der Waals surface area contributed by atoms with E-state index in [2.05, 4.69) is 252 Å². The van der Waals surface area contributed by atoms with E-state index in [0.29, 0.717) is 42.4 Å². The number of aryl methyl sites for hydroxylation is 6. The van der Waals surface area contributed by atoms with E-state index in [-0.39, 0.29) is 162 Å². The Morgan fingerprint density at radius 3 is 0.937 bits per heavy atom. The molecule has 12 nitrogen and oxygen atoms in total. The molecule has 143 heavy (non-hydrogen) atoms. The second-order valence-corrected chi connectivity index (χ2v) is 39.0. The SMILES string of the molecule is CC(C)CC(=O)C=C(O)CC(C)C.CCC(CC)C(=O)C=C(O)C(CC)CC.CCC(CC)C(=O)C=C(O)C(CC)CC.CCC(CC)C(=O)C=C(O)C(CC)CC.Cc1[c-]c(-c2ccc3c(C(C)C)cccc3n2)cc(C)c1.Cc1[c-]c(-c2ccc3c(CC(C)C)cccc3n2)cc(C)c1.Cc1[c-]c(-c2ccc3c(CC(C)C)cccc3n2)cc(C)c1.[Ir].[Ir].[Ir].[Ir].[c-]1ccccc1-c1ccc2ccccc2n1. The summed E-state index contributed by atoms with van der Waals surface area (Å²) < 4.78 is 0. The van der Waals surface area contributed by atoms with Gasteiger partial charge in [0.05, 0.1) is 45.1 Å². The van der Waals surface area contributed by atoms with Gasteiger partial charge < -0.3 is 20.4 Å². The molecule has 0 aliphatic carbocycles. The Labute approximate surface area is 915 Å². The Kier molecular flexibility index (Phi) is 64.4. The average Bonchev–Trinajstić information content (AvgIpc) is 0.760. The quantitative estimate of drug-likeness (QED) is 0.0167. The van der Waals surface area contributed by atoms with Crippen molar-refractivity contribution in [3.63, 3.8) is 0 Å². The van der Waals surface area contributed by atoms with Gasteiger partial charge in [0.15, 0.2) is 23.1 Å². The Hall–Kier alpha value is -9.16. The standard InChI is InChI=1S/2C21H22N.C20H20N.C15H10N.3C13H24O2.C11H20O2.4Ir/c2*1-14(2)10-17-6-5-7-21-19(17)8-9-20(22-21)18-12-15(3)11-16(4)13-18;1-13(2)17-6-5-7-20-18(17)8-9-19(21-20)16-11-14(3)10-15(4)12-16;1-2-6-12(7-3-1)15-11-10-13-8-4-5-9-14(13)16-15;3*1-5-10(6-2)12(14)9-13(15)11(7-3)8-4;1-8(2)5-10(12)7-11(13)6-9(3)4;;;;/h2*5-9,11-12,14H,10H2,1-4H3;5-11,13H,1-4H3;1-6,8-11H;3*9-11,14H,5-8H2,1-4H3;7-9,12H,5-6H2,1-4H3;;;;/q4*-1;;;;;;;;. The number of fused-ring (bicyclic) bond motifs is 4. The topological polar surface area (TPSA) is 201 Å². The number of aliphatic hydroxyl groups is 4. The largest absolute Gasteiger partial charge is 0.512 e. The summed E-state index contributed by atoms with van der Waals surface area (Å²) in [6.07, 6.45) is 19.4. The molecule has 0 aliphatic rings. The zero-order valence-electron chi connectivity index (χ0n) is 90.9. The fourth-order valence-corrected chi connectivity index (χ4v) is 17.1. The Balaban J connectivity index is 0.000000820. The molecule has 8 aromatic carbocycles. The minimum absolute atomic E-state index is 0. The summed E-state index contributed by atoms with van der Waals surface area (Å²) in [5.74, 6) is 4.43. The zero-order valence-corrected chi connectivity index (χ0v) is 100. The van der Waals surface area contributed by atoms with Crippen LogP contribution in [0.15, 0.2) is 235 Å². The van der Waals surface area contributed by atoms with Crippen LogP contribution in [-0.4, -0.2) is 63.5 Å². The molecule has 4 heterocycles. The predicted octanol–water partition coefficient (Wildman–Crippen LogP) is 34.9. The van der Waals surface area contributed by atoms with Crippen molar-refractivity contribution in [2.45, 2.75) is 303 Å². The molecule has 0 atom stereocenters. The maximum absolute atomic E-state index is 11.7. The second kappa shape index (κ2) is 69.8. The van der Waals surface area contributed by atoms with Crippen LogP contribution in [-0.2, 0) is 112 Å². The molecule has 12 rings (SSSR count). The number of allylic oxidation sites excluding steroid dienone is 8. The van der Waals surface area contributed by atoms with Gasteiger partial charge in [0.1, 0.15) is 0 Å². The van der Waals surface area contributed by atoms with E-state index in [9.17, 15) is 39.6 Å². The number of aromatic nitrogens is 4. The minimum Gasteiger partial charge on any atom is -0.512 e. The third kappa shape index (κ3) is 45.4. The summed E-state index contributed by atoms with van der Waals surface area (Å²) >= 11 is 0. The molecule has 0 saturated heterocycles. The van der Waals surface area contributed by atoms with E-state index in [1.165, 1.54) is 79.2 Å². The number of hydrogen-bond donors (Lipinski definition) is 4. The van der Waals surface area contributed by atoms with E-state index in [1.807, 2.05) is 159 Å². The zero-order chi connectivity index (χ0) is 103. The number of ketones is 4. The van der Waals surface area contributed by atoms with E-state index < -0.39 is 0 Å². The maximum atomic E-state index is 11.7. The smallest absolute Gasteiger partial charge is 0.162 e. The van der Waals surface area contributed by atoms with Gasteiger partial charge in [-0.2, -0.15) is 0 Å². The molecular weight excluding hydrogens is 2480 g/mol. The molecule has 16 heteroatoms. The van der Waals surface area contributed by atoms with Gasteiger partial charge in [-0.3, -0.25) is 39.1 Å². The first-order chi connectivity index (χ1) is 66.2. The van der Waals surface area contributed by atoms with Gasteiger partial charge >= 0.3 is 0 Å². The van der Waals surface area contributed by atoms with Crippen LogP contribution in [0.5, 0.6) is 0 Å². The number of carbonyl (C=O) groups excluding carboxylic acids is 4. The first-order valence-corrected chi connectivity index (χ1v) is 51.5. The second-order valence-electron chi connectivity index (χ2n) is 39.0. The summed E-state index contributed by atoms with van der Waals surface area (Å²) in [6, 6.07) is 78.7. The van der Waals surface area contributed by atoms with Crippen LogP contribution in [0.25, 0.3) is 88.6 Å². The van der Waals surface area contributed by atoms with Gasteiger partial charge in [-0.25, -0.2) is 0 Å². The molecule has 0 aliphatic heterocycles. The predicted molar refractivity (Wildman–Crippen MR) is 590 cm³/mol. The van der Waals surface area contributed by atoms with Gasteiger partial charge in [-0.15, -0.1) is 141 Å². The molecule has 4 N–H and O–H groups in total. The molecule has 0 fully saturated rings. The van der Waals surface area contributed by atoms with E-state index in [1.54, 1.807) is 0 Å². The minimum atomic E-state index is 0. The number of hydrogen-bond acceptors (Lipinski definition) is 12. The van der Waals surface area contributed by atoms with E-state index in [0.717, 1.165) is 174 Å². The summed E-state index contributed by atoms with van der Waals surface area (Å²) in [5, 5.41) is 43.6. The molecule has 4 aromatic heterocycles. The van der Waals surface area contributed by atoms with Gasteiger partial charge in [0.25, 0.3) is 0 Å². The van der Waals surface area contributed by atoms with Gasteiger partial charge in [-0.1, -0.05) is 297 Å². The summed E-state index contributed by atoms with van der Waals surface area (Å²) in [5.41, 5.74) is 23.8. The third-order valence-corrected chi connectivity index (χ3v) is 24.9. The van der Waals surface area contributed by atoms with Crippen LogP contribution in [0.3, 0.4) is 0 Å². The molecule has 12 aromatic rings. The number of rotatable bonds is 35. The maximum Gasteiger partial charge on any atom is 0.162 e. The number of aliphatic hydroxyl groups excluding tert-OH is 4. The van der Waals surface area contributed by atoms with Crippen LogP contribution in [0.1, 0.15) is 298 Å². The molecule has 0 saturated carbocycles. The summed E-state index contributed by atoms with van der Waals surface area (Å²) in [6.45, 7) is 58.3. The van der Waals surface area contributed by atoms with Crippen LogP contribution >= 0.6 is 0 Å². The number of nitrogens with zero attached hydrogens (tertiary/aromatic N) is 4. The van der Waals surface area contributed by atoms with Gasteiger partial charge in [0, 0.05) is 169 Å². The molecular formula is C127H166Ir4N4O8-4. The number of benzene rings is 8. The summed E-state index contributed by atoms with van der Waals surface area (Å²) in [4.78, 5) is 65.5. The fourth-order valence-electron chi connectivity index (χ4n) is 17.1. The van der Waals surface area contributed by atoms with Crippen LogP contribution in [0.2, 0.25) is 0 Å². The van der Waals surface area contributed by atoms with Crippen LogP contribution < -0.4 is 0 Å². The third-order valence-electron chi connectivity index (χ3n) is 24.9. The number of pyridine rings is 4. The first-order valence-electron chi connectivity index (χ1n) is 51.5. The Morgan fingerprint density at radius 1 is 0.308 bits per heavy atom. The Morgan fingerprint density at radius 2 is 0.615 bits per heavy atom. The van der Waals surface area contributed by atoms with Crippen LogP contribution in [0, 0.1) is 125 Å². The van der Waals surface area contributed by atoms with Crippen molar-refractivity contribution in [3.8, 4) is 45.0 Å². The first kappa shape index (κ1) is 132. The molecule has 4 radical (unpaired) electrons. The number of para-hydroxylation sites is 1. The number of carbonyl (C=O) groups is 4. The van der Waals surface area contributed by atoms with Crippen molar-refractivity contribution in [2.75, 3.05) is 0 Å². The molecule has 0 amide bonds. The van der Waals surface area contributed by atoms with Crippen molar-refractivity contribution < 1.29 is 120 Å². The van der Waals surface area contributed by atoms with Crippen molar-refractivity contribution in [3.05, 3.63) is 310 Å². The molecule has 0 spiro atoms. The van der Waals surface area contributed by atoms with Crippen molar-refractivity contribution in [1.29, 1.82) is 0 Å². The van der Waals surface area contributed by atoms with E-state index in [4.69, 9.17) is 15.0 Å². The van der Waals surface area contributed by atoms with Crippen molar-refractivity contribution >= 4 is 66.7 Å². The van der Waals surface area contributed by atoms with E-state index >= 15 is 0 Å². The molecule has 0 unspecified atom stereocenters. The monoisotopic (exact) mass is 2650 g/mol. The van der Waals surface area contributed by atoms with Crippen molar-refractivity contribution in [2.24, 2.45) is 59.2 Å². The normalized spacial score (nSPS) is 11.4. The van der Waals surface area contributed by atoms with Gasteiger partial charge in [-0.05, 0) is 189 Å². The van der Waals surface area contributed by atoms with Crippen molar-refractivity contribution in [1.82, 2.24) is 19.9 Å². The molecule has 782 valence electrons. The molecule has 0 bridgehead atoms. The van der Waals surface area contributed by atoms with Crippen LogP contribution in [0.4, 0.5) is 0 Å². The fraction of sp³-hybridized carbons (Fsp3) is 0.433.